The van der Waals surface area contributed by atoms with E-state index in [-0.39, 0.29) is 5.91 Å². The highest BCUT2D eigenvalue weighted by atomic mass is 32.2. The third-order valence-electron chi connectivity index (χ3n) is 4.57. The second kappa shape index (κ2) is 10.8. The van der Waals surface area contributed by atoms with Crippen molar-refractivity contribution >= 4 is 17.7 Å². The van der Waals surface area contributed by atoms with Crippen LogP contribution in [0.2, 0.25) is 0 Å². The van der Waals surface area contributed by atoms with Crippen molar-refractivity contribution in [3.8, 4) is 17.1 Å². The molecule has 1 amide bonds. The first-order valence-electron chi connectivity index (χ1n) is 9.73. The molecule has 0 saturated heterocycles. The fourth-order valence-corrected chi connectivity index (χ4v) is 4.03. The average Bonchev–Trinajstić information content (AvgIpc) is 3.21. The molecule has 0 aliphatic rings. The van der Waals surface area contributed by atoms with Crippen molar-refractivity contribution < 1.29 is 14.3 Å². The minimum absolute atomic E-state index is 0.0997. The molecule has 8 heteroatoms. The number of benzene rings is 2. The number of hydrogen-bond acceptors (Lipinski definition) is 6. The minimum atomic E-state index is -0.0997. The second-order valence-corrected chi connectivity index (χ2v) is 7.42. The van der Waals surface area contributed by atoms with Crippen LogP contribution in [0.4, 0.5) is 0 Å². The molecule has 0 saturated carbocycles. The van der Waals surface area contributed by atoms with Crippen LogP contribution in [0.5, 0.6) is 5.75 Å². The number of amides is 1. The summed E-state index contributed by atoms with van der Waals surface area (Å²) in [4.78, 5) is 12.5. The van der Waals surface area contributed by atoms with Crippen LogP contribution in [0.25, 0.3) is 11.4 Å². The lowest BCUT2D eigenvalue weighted by molar-refractivity contribution is 0.0936. The van der Waals surface area contributed by atoms with Crippen LogP contribution in [-0.2, 0) is 17.0 Å². The molecule has 0 fully saturated rings. The Balaban J connectivity index is 1.77. The molecule has 3 rings (SSSR count). The number of nitrogens with zero attached hydrogens (tertiary/aromatic N) is 3. The van der Waals surface area contributed by atoms with Gasteiger partial charge in [-0.3, -0.25) is 4.79 Å². The summed E-state index contributed by atoms with van der Waals surface area (Å²) in [6.07, 6.45) is 0. The molecule has 2 aromatic carbocycles. The van der Waals surface area contributed by atoms with Crippen LogP contribution in [0.1, 0.15) is 22.8 Å². The van der Waals surface area contributed by atoms with Gasteiger partial charge in [-0.05, 0) is 30.7 Å². The molecule has 0 aliphatic heterocycles. The van der Waals surface area contributed by atoms with E-state index in [0.29, 0.717) is 24.5 Å². The second-order valence-electron chi connectivity index (χ2n) is 6.48. The molecule has 30 heavy (non-hydrogen) atoms. The van der Waals surface area contributed by atoms with E-state index in [0.717, 1.165) is 34.4 Å². The third-order valence-corrected chi connectivity index (χ3v) is 5.59. The van der Waals surface area contributed by atoms with E-state index in [2.05, 4.69) is 27.0 Å². The zero-order valence-electron chi connectivity index (χ0n) is 17.4. The molecule has 0 bridgehead atoms. The summed E-state index contributed by atoms with van der Waals surface area (Å²) in [6.45, 7) is 3.76. The number of ether oxygens (including phenoxy) is 2. The topological polar surface area (TPSA) is 78.3 Å². The van der Waals surface area contributed by atoms with Crippen LogP contribution < -0.4 is 10.1 Å². The maximum Gasteiger partial charge on any atom is 0.251 e. The predicted molar refractivity (Wildman–Crippen MR) is 118 cm³/mol. The van der Waals surface area contributed by atoms with Crippen molar-refractivity contribution in [2.75, 3.05) is 27.4 Å². The predicted octanol–water partition coefficient (Wildman–Crippen LogP) is 3.64. The van der Waals surface area contributed by atoms with E-state index in [4.69, 9.17) is 9.47 Å². The summed E-state index contributed by atoms with van der Waals surface area (Å²) < 4.78 is 12.4. The Morgan fingerprint density at radius 2 is 1.97 bits per heavy atom. The van der Waals surface area contributed by atoms with Gasteiger partial charge in [-0.1, -0.05) is 42.1 Å². The maximum absolute atomic E-state index is 12.5. The van der Waals surface area contributed by atoms with E-state index in [9.17, 15) is 4.79 Å². The molecule has 0 radical (unpaired) electrons. The molecule has 158 valence electrons. The number of carbonyl (C=O) groups excluding carboxylic acids is 1. The van der Waals surface area contributed by atoms with E-state index in [1.807, 2.05) is 48.5 Å². The zero-order valence-corrected chi connectivity index (χ0v) is 18.2. The lowest BCUT2D eigenvalue weighted by Crippen LogP contribution is -2.27. The smallest absolute Gasteiger partial charge is 0.251 e. The van der Waals surface area contributed by atoms with E-state index < -0.39 is 0 Å². The first-order chi connectivity index (χ1) is 14.7. The van der Waals surface area contributed by atoms with Gasteiger partial charge < -0.3 is 19.4 Å². The number of carbonyl (C=O) groups is 1. The van der Waals surface area contributed by atoms with Crippen molar-refractivity contribution in [2.24, 2.45) is 0 Å². The van der Waals surface area contributed by atoms with Gasteiger partial charge in [0.1, 0.15) is 5.75 Å². The molecule has 0 unspecified atom stereocenters. The highest BCUT2D eigenvalue weighted by Gasteiger charge is 2.16. The Kier molecular flexibility index (Phi) is 7.87. The number of aromatic nitrogens is 3. The Bertz CT molecular complexity index is 990. The molecule has 0 atom stereocenters. The van der Waals surface area contributed by atoms with Gasteiger partial charge in [-0.25, -0.2) is 0 Å². The van der Waals surface area contributed by atoms with Crippen molar-refractivity contribution in [3.05, 3.63) is 59.7 Å². The first kappa shape index (κ1) is 21.9. The SMILES string of the molecule is CCn1c(SCc2ccccc2C(=O)NCCOC)nnc1-c1cccc(OC)c1. The lowest BCUT2D eigenvalue weighted by atomic mass is 10.1. The van der Waals surface area contributed by atoms with Crippen LogP contribution in [0, 0.1) is 0 Å². The van der Waals surface area contributed by atoms with Crippen LogP contribution in [-0.4, -0.2) is 48.0 Å². The summed E-state index contributed by atoms with van der Waals surface area (Å²) in [7, 11) is 3.26. The van der Waals surface area contributed by atoms with Gasteiger partial charge in [0.05, 0.1) is 13.7 Å². The highest BCUT2D eigenvalue weighted by molar-refractivity contribution is 7.98. The monoisotopic (exact) mass is 426 g/mol. The average molecular weight is 427 g/mol. The van der Waals surface area contributed by atoms with Crippen molar-refractivity contribution in [3.63, 3.8) is 0 Å². The molecule has 1 N–H and O–H groups in total. The van der Waals surface area contributed by atoms with Gasteiger partial charge in [0, 0.05) is 37.1 Å². The standard InChI is InChI=1S/C22H26N4O3S/c1-4-26-20(16-9-7-10-18(14-16)29-3)24-25-22(26)30-15-17-8-5-6-11-19(17)21(27)23-12-13-28-2/h5-11,14H,4,12-13,15H2,1-3H3,(H,23,27). The van der Waals surface area contributed by atoms with Crippen molar-refractivity contribution in [2.45, 2.75) is 24.4 Å². The van der Waals surface area contributed by atoms with Gasteiger partial charge in [0.15, 0.2) is 11.0 Å². The minimum Gasteiger partial charge on any atom is -0.497 e. The molecular weight excluding hydrogens is 400 g/mol. The molecule has 0 aliphatic carbocycles. The van der Waals surface area contributed by atoms with Gasteiger partial charge in [-0.15, -0.1) is 10.2 Å². The highest BCUT2D eigenvalue weighted by Crippen LogP contribution is 2.28. The van der Waals surface area contributed by atoms with E-state index in [1.165, 1.54) is 0 Å². The third kappa shape index (κ3) is 5.20. The largest absolute Gasteiger partial charge is 0.497 e. The number of rotatable bonds is 10. The number of thioether (sulfide) groups is 1. The fraction of sp³-hybridized carbons (Fsp3) is 0.318. The fourth-order valence-electron chi connectivity index (χ4n) is 3.03. The molecular formula is C22H26N4O3S. The summed E-state index contributed by atoms with van der Waals surface area (Å²) in [5.41, 5.74) is 2.57. The Hall–Kier alpha value is -2.84. The number of methoxy groups -OCH3 is 2. The Morgan fingerprint density at radius 3 is 2.73 bits per heavy atom. The first-order valence-corrected chi connectivity index (χ1v) is 10.7. The van der Waals surface area contributed by atoms with Crippen molar-refractivity contribution in [1.29, 1.82) is 0 Å². The number of nitrogens with one attached hydrogen (secondary N) is 1. The van der Waals surface area contributed by atoms with Crippen molar-refractivity contribution in [1.82, 2.24) is 20.1 Å². The molecule has 1 heterocycles. The van der Waals surface area contributed by atoms with E-state index >= 15 is 0 Å². The van der Waals surface area contributed by atoms with Gasteiger partial charge in [0.2, 0.25) is 0 Å². The molecule has 1 aromatic heterocycles. The summed E-state index contributed by atoms with van der Waals surface area (Å²) in [6, 6.07) is 15.4. The van der Waals surface area contributed by atoms with Gasteiger partial charge in [-0.2, -0.15) is 0 Å². The van der Waals surface area contributed by atoms with Gasteiger partial charge in [0.25, 0.3) is 5.91 Å². The Labute approximate surface area is 180 Å². The van der Waals surface area contributed by atoms with Crippen LogP contribution in [0.15, 0.2) is 53.7 Å². The molecule has 7 nitrogen and oxygen atoms in total. The lowest BCUT2D eigenvalue weighted by Gasteiger charge is -2.11. The molecule has 0 spiro atoms. The molecule has 3 aromatic rings. The van der Waals surface area contributed by atoms with Crippen LogP contribution >= 0.6 is 11.8 Å². The summed E-state index contributed by atoms with van der Waals surface area (Å²) >= 11 is 1.56. The van der Waals surface area contributed by atoms with E-state index in [1.54, 1.807) is 26.0 Å². The summed E-state index contributed by atoms with van der Waals surface area (Å²) in [5.74, 6) is 2.09. The quantitative estimate of drug-likeness (QED) is 0.394. The maximum atomic E-state index is 12.5. The summed E-state index contributed by atoms with van der Waals surface area (Å²) in [5, 5.41) is 12.5. The Morgan fingerprint density at radius 1 is 1.13 bits per heavy atom. The van der Waals surface area contributed by atoms with Crippen LogP contribution in [0.3, 0.4) is 0 Å². The normalized spacial score (nSPS) is 10.8. The zero-order chi connectivity index (χ0) is 21.3. The number of hydrogen-bond donors (Lipinski definition) is 1. The van der Waals surface area contributed by atoms with Gasteiger partial charge >= 0.3 is 0 Å².